The third-order valence-corrected chi connectivity index (χ3v) is 4.58. The van der Waals surface area contributed by atoms with Crippen molar-refractivity contribution in [2.24, 2.45) is 0 Å². The van der Waals surface area contributed by atoms with Gasteiger partial charge in [-0.05, 0) is 42.5 Å². The first-order valence-electron chi connectivity index (χ1n) is 9.18. The minimum Gasteiger partial charge on any atom is -0.496 e. The van der Waals surface area contributed by atoms with Crippen molar-refractivity contribution < 1.29 is 14.3 Å². The molecule has 0 aliphatic heterocycles. The lowest BCUT2D eigenvalue weighted by Gasteiger charge is -2.09. The lowest BCUT2D eigenvalue weighted by Crippen LogP contribution is -2.28. The molecule has 0 unspecified atom stereocenters. The van der Waals surface area contributed by atoms with Gasteiger partial charge in [0.1, 0.15) is 12.4 Å². The molecule has 0 atom stereocenters. The van der Waals surface area contributed by atoms with Crippen molar-refractivity contribution in [1.82, 2.24) is 25.1 Å². The molecule has 0 spiro atoms. The highest BCUT2D eigenvalue weighted by Crippen LogP contribution is 2.28. The Morgan fingerprint density at radius 1 is 1.07 bits per heavy atom. The van der Waals surface area contributed by atoms with Gasteiger partial charge >= 0.3 is 0 Å². The molecule has 0 aliphatic rings. The highest BCUT2D eigenvalue weighted by molar-refractivity contribution is 6.30. The van der Waals surface area contributed by atoms with Gasteiger partial charge in [0.2, 0.25) is 5.88 Å². The molecular formula is C21H18ClN5O3. The second kappa shape index (κ2) is 8.79. The number of nitrogens with one attached hydrogen (secondary N) is 1. The van der Waals surface area contributed by atoms with Crippen LogP contribution in [0.25, 0.3) is 17.0 Å². The van der Waals surface area contributed by atoms with Crippen LogP contribution >= 0.6 is 11.6 Å². The summed E-state index contributed by atoms with van der Waals surface area (Å²) in [5, 5.41) is 16.2. The molecule has 4 aromatic rings. The molecule has 0 saturated heterocycles. The Labute approximate surface area is 177 Å². The molecule has 2 aromatic heterocycles. The van der Waals surface area contributed by atoms with E-state index >= 15 is 0 Å². The molecule has 9 heteroatoms. The Morgan fingerprint density at radius 3 is 2.67 bits per heavy atom. The van der Waals surface area contributed by atoms with Crippen LogP contribution in [0.5, 0.6) is 11.6 Å². The number of hydrogen-bond donors (Lipinski definition) is 1. The second-order valence-electron chi connectivity index (χ2n) is 6.28. The third kappa shape index (κ3) is 4.18. The summed E-state index contributed by atoms with van der Waals surface area (Å²) < 4.78 is 12.7. The SMILES string of the molecule is COc1ccccc1-c1nnc2ccc(OCCNC(=O)c3ccc(Cl)cc3)nn12. The summed E-state index contributed by atoms with van der Waals surface area (Å²) in [5.41, 5.74) is 1.89. The number of carbonyl (C=O) groups is 1. The van der Waals surface area contributed by atoms with E-state index in [1.54, 1.807) is 48.0 Å². The number of aromatic nitrogens is 4. The largest absolute Gasteiger partial charge is 0.496 e. The van der Waals surface area contributed by atoms with Gasteiger partial charge < -0.3 is 14.8 Å². The van der Waals surface area contributed by atoms with Crippen LogP contribution in [0.3, 0.4) is 0 Å². The fourth-order valence-electron chi connectivity index (χ4n) is 2.87. The predicted octanol–water partition coefficient (Wildman–Crippen LogP) is 3.26. The van der Waals surface area contributed by atoms with E-state index in [0.29, 0.717) is 40.2 Å². The first kappa shape index (κ1) is 19.7. The number of rotatable bonds is 7. The van der Waals surface area contributed by atoms with Gasteiger partial charge in [0.15, 0.2) is 11.5 Å². The first-order chi connectivity index (χ1) is 14.7. The Kier molecular flexibility index (Phi) is 5.76. The highest BCUT2D eigenvalue weighted by Gasteiger charge is 2.14. The van der Waals surface area contributed by atoms with Crippen molar-refractivity contribution in [1.29, 1.82) is 0 Å². The zero-order valence-electron chi connectivity index (χ0n) is 16.1. The van der Waals surface area contributed by atoms with E-state index in [1.807, 2.05) is 24.3 Å². The Hall–Kier alpha value is -3.65. The maximum atomic E-state index is 12.1. The van der Waals surface area contributed by atoms with Crippen LogP contribution in [0.4, 0.5) is 0 Å². The van der Waals surface area contributed by atoms with Gasteiger partial charge in [-0.2, -0.15) is 4.52 Å². The van der Waals surface area contributed by atoms with Crippen LogP contribution in [0.1, 0.15) is 10.4 Å². The van der Waals surface area contributed by atoms with E-state index in [0.717, 1.165) is 5.56 Å². The molecule has 152 valence electrons. The fourth-order valence-corrected chi connectivity index (χ4v) is 3.00. The molecular weight excluding hydrogens is 406 g/mol. The zero-order chi connectivity index (χ0) is 20.9. The Morgan fingerprint density at radius 2 is 1.87 bits per heavy atom. The zero-order valence-corrected chi connectivity index (χ0v) is 16.8. The van der Waals surface area contributed by atoms with Crippen LogP contribution in [-0.4, -0.2) is 46.0 Å². The summed E-state index contributed by atoms with van der Waals surface area (Å²) in [6.45, 7) is 0.576. The highest BCUT2D eigenvalue weighted by atomic mass is 35.5. The van der Waals surface area contributed by atoms with Crippen molar-refractivity contribution in [2.45, 2.75) is 0 Å². The molecule has 1 amide bonds. The molecule has 4 rings (SSSR count). The van der Waals surface area contributed by atoms with Gasteiger partial charge in [-0.3, -0.25) is 4.79 Å². The number of ether oxygens (including phenoxy) is 2. The van der Waals surface area contributed by atoms with E-state index in [9.17, 15) is 4.79 Å². The number of fused-ring (bicyclic) bond motifs is 1. The molecule has 30 heavy (non-hydrogen) atoms. The van der Waals surface area contributed by atoms with E-state index in [1.165, 1.54) is 0 Å². The van der Waals surface area contributed by atoms with Crippen molar-refractivity contribution in [3.8, 4) is 23.0 Å². The Balaban J connectivity index is 1.43. The molecule has 0 fully saturated rings. The molecule has 0 bridgehead atoms. The first-order valence-corrected chi connectivity index (χ1v) is 9.56. The van der Waals surface area contributed by atoms with Gasteiger partial charge in [-0.25, -0.2) is 0 Å². The normalized spacial score (nSPS) is 10.7. The molecule has 0 radical (unpaired) electrons. The predicted molar refractivity (Wildman–Crippen MR) is 112 cm³/mol. The standard InChI is InChI=1S/C21H18ClN5O3/c1-29-17-5-3-2-4-16(17)20-25-24-18-10-11-19(26-27(18)20)30-13-12-23-21(28)14-6-8-15(22)9-7-14/h2-11H,12-13H2,1H3,(H,23,28). The van der Waals surface area contributed by atoms with E-state index in [2.05, 4.69) is 20.6 Å². The second-order valence-corrected chi connectivity index (χ2v) is 6.71. The number of halogens is 1. The smallest absolute Gasteiger partial charge is 0.251 e. The number of para-hydroxylation sites is 1. The summed E-state index contributed by atoms with van der Waals surface area (Å²) in [4.78, 5) is 12.1. The summed E-state index contributed by atoms with van der Waals surface area (Å²) in [5.74, 6) is 1.41. The summed E-state index contributed by atoms with van der Waals surface area (Å²) >= 11 is 5.83. The molecule has 2 heterocycles. The molecule has 0 saturated carbocycles. The quantitative estimate of drug-likeness (QED) is 0.459. The fraction of sp³-hybridized carbons (Fsp3) is 0.143. The number of benzene rings is 2. The lowest BCUT2D eigenvalue weighted by atomic mass is 10.2. The maximum absolute atomic E-state index is 12.1. The van der Waals surface area contributed by atoms with Gasteiger partial charge in [-0.15, -0.1) is 15.3 Å². The van der Waals surface area contributed by atoms with Gasteiger partial charge in [-0.1, -0.05) is 23.7 Å². The number of nitrogens with zero attached hydrogens (tertiary/aromatic N) is 4. The number of carbonyl (C=O) groups excluding carboxylic acids is 1. The summed E-state index contributed by atoms with van der Waals surface area (Å²) in [6, 6.07) is 17.6. The maximum Gasteiger partial charge on any atom is 0.251 e. The average molecular weight is 424 g/mol. The topological polar surface area (TPSA) is 90.6 Å². The van der Waals surface area contributed by atoms with Crippen molar-refractivity contribution in [3.63, 3.8) is 0 Å². The average Bonchev–Trinajstić information content (AvgIpc) is 3.20. The monoisotopic (exact) mass is 423 g/mol. The number of amides is 1. The van der Waals surface area contributed by atoms with Gasteiger partial charge in [0.25, 0.3) is 5.91 Å². The third-order valence-electron chi connectivity index (χ3n) is 4.33. The van der Waals surface area contributed by atoms with E-state index in [-0.39, 0.29) is 12.5 Å². The van der Waals surface area contributed by atoms with Gasteiger partial charge in [0, 0.05) is 16.7 Å². The molecule has 1 N–H and O–H groups in total. The molecule has 0 aliphatic carbocycles. The summed E-state index contributed by atoms with van der Waals surface area (Å²) in [6.07, 6.45) is 0. The van der Waals surface area contributed by atoms with Crippen molar-refractivity contribution >= 4 is 23.2 Å². The molecule has 8 nitrogen and oxygen atoms in total. The molecule has 2 aromatic carbocycles. The van der Waals surface area contributed by atoms with Crippen molar-refractivity contribution in [2.75, 3.05) is 20.3 Å². The van der Waals surface area contributed by atoms with E-state index < -0.39 is 0 Å². The van der Waals surface area contributed by atoms with Crippen LogP contribution in [0.15, 0.2) is 60.7 Å². The van der Waals surface area contributed by atoms with Crippen LogP contribution in [-0.2, 0) is 0 Å². The number of hydrogen-bond acceptors (Lipinski definition) is 6. The van der Waals surface area contributed by atoms with E-state index in [4.69, 9.17) is 21.1 Å². The van der Waals surface area contributed by atoms with Gasteiger partial charge in [0.05, 0.1) is 19.2 Å². The minimum atomic E-state index is -0.198. The van der Waals surface area contributed by atoms with Crippen LogP contribution < -0.4 is 14.8 Å². The lowest BCUT2D eigenvalue weighted by molar-refractivity contribution is 0.0946. The number of methoxy groups -OCH3 is 1. The van der Waals surface area contributed by atoms with Crippen molar-refractivity contribution in [3.05, 3.63) is 71.2 Å². The minimum absolute atomic E-state index is 0.198. The Bertz CT molecular complexity index is 1180. The summed E-state index contributed by atoms with van der Waals surface area (Å²) in [7, 11) is 1.60. The van der Waals surface area contributed by atoms with Crippen LogP contribution in [0, 0.1) is 0 Å². The van der Waals surface area contributed by atoms with Crippen LogP contribution in [0.2, 0.25) is 5.02 Å².